The monoisotopic (exact) mass is 265 g/mol. The van der Waals surface area contributed by atoms with Crippen LogP contribution < -0.4 is 0 Å². The third kappa shape index (κ3) is 4.49. The van der Waals surface area contributed by atoms with E-state index in [4.69, 9.17) is 9.84 Å². The molecule has 0 bridgehead atoms. The van der Waals surface area contributed by atoms with E-state index in [1.165, 1.54) is 12.0 Å². The molecule has 106 valence electrons. The van der Waals surface area contributed by atoms with E-state index in [1.54, 1.807) is 0 Å². The SMILES string of the molecule is COCCN(CCO)C(=O)C1CCC(F)(F)CC1. The summed E-state index contributed by atoms with van der Waals surface area (Å²) < 4.78 is 30.9. The van der Waals surface area contributed by atoms with Crippen LogP contribution >= 0.6 is 0 Å². The number of amides is 1. The van der Waals surface area contributed by atoms with Gasteiger partial charge in [0.2, 0.25) is 11.8 Å². The fourth-order valence-electron chi connectivity index (χ4n) is 2.20. The van der Waals surface area contributed by atoms with Gasteiger partial charge < -0.3 is 14.7 Å². The number of carbonyl (C=O) groups excluding carboxylic acids is 1. The fraction of sp³-hybridized carbons (Fsp3) is 0.917. The van der Waals surface area contributed by atoms with Gasteiger partial charge in [-0.05, 0) is 12.8 Å². The largest absolute Gasteiger partial charge is 0.395 e. The second-order valence-corrected chi connectivity index (χ2v) is 4.67. The minimum atomic E-state index is -2.62. The van der Waals surface area contributed by atoms with Crippen LogP contribution in [0.25, 0.3) is 0 Å². The van der Waals surface area contributed by atoms with Crippen LogP contribution in [0.3, 0.4) is 0 Å². The maximum atomic E-state index is 13.0. The van der Waals surface area contributed by atoms with Crippen molar-refractivity contribution in [2.75, 3.05) is 33.4 Å². The van der Waals surface area contributed by atoms with E-state index >= 15 is 0 Å². The molecular weight excluding hydrogens is 244 g/mol. The van der Waals surface area contributed by atoms with Crippen LogP contribution in [-0.2, 0) is 9.53 Å². The zero-order valence-corrected chi connectivity index (χ0v) is 10.7. The number of aliphatic hydroxyl groups excluding tert-OH is 1. The molecule has 1 saturated carbocycles. The quantitative estimate of drug-likeness (QED) is 0.787. The first-order valence-corrected chi connectivity index (χ1v) is 6.26. The summed E-state index contributed by atoms with van der Waals surface area (Å²) in [7, 11) is 1.53. The van der Waals surface area contributed by atoms with Gasteiger partial charge in [-0.1, -0.05) is 0 Å². The van der Waals surface area contributed by atoms with Crippen molar-refractivity contribution in [3.05, 3.63) is 0 Å². The molecule has 1 N–H and O–H groups in total. The second kappa shape index (κ2) is 6.99. The summed E-state index contributed by atoms with van der Waals surface area (Å²) in [6.07, 6.45) is 0.00276. The molecule has 0 atom stereocenters. The molecule has 1 rings (SSSR count). The number of alkyl halides is 2. The molecular formula is C12H21F2NO3. The number of nitrogens with zero attached hydrogens (tertiary/aromatic N) is 1. The van der Waals surface area contributed by atoms with E-state index in [1.807, 2.05) is 0 Å². The van der Waals surface area contributed by atoms with Gasteiger partial charge in [0.15, 0.2) is 0 Å². The van der Waals surface area contributed by atoms with Crippen molar-refractivity contribution < 1.29 is 23.4 Å². The zero-order chi connectivity index (χ0) is 13.6. The number of hydrogen-bond acceptors (Lipinski definition) is 3. The molecule has 0 aromatic rings. The molecule has 1 aliphatic carbocycles. The molecule has 0 radical (unpaired) electrons. The van der Waals surface area contributed by atoms with E-state index in [0.717, 1.165) is 0 Å². The summed E-state index contributed by atoms with van der Waals surface area (Å²) in [6, 6.07) is 0. The highest BCUT2D eigenvalue weighted by molar-refractivity contribution is 5.79. The van der Waals surface area contributed by atoms with Crippen molar-refractivity contribution in [2.24, 2.45) is 5.92 Å². The number of halogens is 2. The normalized spacial score (nSPS) is 19.8. The van der Waals surface area contributed by atoms with Crippen molar-refractivity contribution in [1.82, 2.24) is 4.90 Å². The molecule has 0 aromatic carbocycles. The average Bonchev–Trinajstić information content (AvgIpc) is 2.33. The van der Waals surface area contributed by atoms with E-state index < -0.39 is 5.92 Å². The smallest absolute Gasteiger partial charge is 0.248 e. The molecule has 1 fully saturated rings. The maximum absolute atomic E-state index is 13.0. The third-order valence-electron chi connectivity index (χ3n) is 3.31. The molecule has 4 nitrogen and oxygen atoms in total. The second-order valence-electron chi connectivity index (χ2n) is 4.67. The van der Waals surface area contributed by atoms with Gasteiger partial charge in [0.25, 0.3) is 0 Å². The predicted octanol–water partition coefficient (Wildman–Crippen LogP) is 1.28. The minimum Gasteiger partial charge on any atom is -0.395 e. The standard InChI is InChI=1S/C12H21F2NO3/c1-18-9-7-15(6-8-16)11(17)10-2-4-12(13,14)5-3-10/h10,16H,2-9H2,1H3. The van der Waals surface area contributed by atoms with Gasteiger partial charge in [-0.25, -0.2) is 8.78 Å². The van der Waals surface area contributed by atoms with E-state index in [0.29, 0.717) is 13.2 Å². The van der Waals surface area contributed by atoms with E-state index in [9.17, 15) is 13.6 Å². The maximum Gasteiger partial charge on any atom is 0.248 e. The summed E-state index contributed by atoms with van der Waals surface area (Å²) in [5.74, 6) is -3.10. The van der Waals surface area contributed by atoms with E-state index in [2.05, 4.69) is 0 Å². The van der Waals surface area contributed by atoms with Crippen LogP contribution in [0.15, 0.2) is 0 Å². The Labute approximate surface area is 106 Å². The van der Waals surface area contributed by atoms with Gasteiger partial charge in [-0.3, -0.25) is 4.79 Å². The van der Waals surface area contributed by atoms with Gasteiger partial charge in [0, 0.05) is 39.0 Å². The van der Waals surface area contributed by atoms with Gasteiger partial charge >= 0.3 is 0 Å². The molecule has 0 heterocycles. The summed E-state index contributed by atoms with van der Waals surface area (Å²) in [6.45, 7) is 0.880. The third-order valence-corrected chi connectivity index (χ3v) is 3.31. The number of hydrogen-bond donors (Lipinski definition) is 1. The van der Waals surface area contributed by atoms with Gasteiger partial charge in [-0.2, -0.15) is 0 Å². The lowest BCUT2D eigenvalue weighted by atomic mass is 9.86. The molecule has 6 heteroatoms. The van der Waals surface area contributed by atoms with Crippen molar-refractivity contribution in [3.8, 4) is 0 Å². The zero-order valence-electron chi connectivity index (χ0n) is 10.7. The Balaban J connectivity index is 2.50. The topological polar surface area (TPSA) is 49.8 Å². The van der Waals surface area contributed by atoms with Gasteiger partial charge in [-0.15, -0.1) is 0 Å². The van der Waals surface area contributed by atoms with Crippen LogP contribution in [0.4, 0.5) is 8.78 Å². The van der Waals surface area contributed by atoms with Crippen molar-refractivity contribution in [1.29, 1.82) is 0 Å². The Hall–Kier alpha value is -0.750. The molecule has 0 aromatic heterocycles. The van der Waals surface area contributed by atoms with Crippen LogP contribution in [0, 0.1) is 5.92 Å². The van der Waals surface area contributed by atoms with Crippen LogP contribution in [0.2, 0.25) is 0 Å². The Morgan fingerprint density at radius 2 is 2.00 bits per heavy atom. The lowest BCUT2D eigenvalue weighted by Crippen LogP contribution is -2.42. The Morgan fingerprint density at radius 1 is 1.39 bits per heavy atom. The molecule has 0 saturated heterocycles. The Bertz CT molecular complexity index is 264. The lowest BCUT2D eigenvalue weighted by molar-refractivity contribution is -0.140. The fourth-order valence-corrected chi connectivity index (χ4v) is 2.20. The first kappa shape index (κ1) is 15.3. The molecule has 0 aliphatic heterocycles. The molecule has 18 heavy (non-hydrogen) atoms. The first-order valence-electron chi connectivity index (χ1n) is 6.26. The minimum absolute atomic E-state index is 0.127. The number of aliphatic hydroxyl groups is 1. The van der Waals surface area contributed by atoms with Crippen molar-refractivity contribution in [3.63, 3.8) is 0 Å². The summed E-state index contributed by atoms with van der Waals surface area (Å²) >= 11 is 0. The highest BCUT2D eigenvalue weighted by Crippen LogP contribution is 2.36. The number of methoxy groups -OCH3 is 1. The van der Waals surface area contributed by atoms with Crippen LogP contribution in [-0.4, -0.2) is 55.2 Å². The van der Waals surface area contributed by atoms with Gasteiger partial charge in [0.1, 0.15) is 0 Å². The number of ether oxygens (including phenoxy) is 1. The average molecular weight is 265 g/mol. The molecule has 1 amide bonds. The predicted molar refractivity (Wildman–Crippen MR) is 62.4 cm³/mol. The number of carbonyl (C=O) groups is 1. The highest BCUT2D eigenvalue weighted by Gasteiger charge is 2.38. The molecule has 0 unspecified atom stereocenters. The van der Waals surface area contributed by atoms with Crippen LogP contribution in [0.1, 0.15) is 25.7 Å². The van der Waals surface area contributed by atoms with Crippen LogP contribution in [0.5, 0.6) is 0 Å². The summed E-state index contributed by atoms with van der Waals surface area (Å²) in [4.78, 5) is 13.6. The van der Waals surface area contributed by atoms with Crippen molar-refractivity contribution >= 4 is 5.91 Å². The lowest BCUT2D eigenvalue weighted by Gasteiger charge is -2.31. The summed E-state index contributed by atoms with van der Waals surface area (Å²) in [5.41, 5.74) is 0. The Morgan fingerprint density at radius 3 is 2.50 bits per heavy atom. The Kier molecular flexibility index (Phi) is 5.95. The van der Waals surface area contributed by atoms with E-state index in [-0.39, 0.29) is 50.7 Å². The van der Waals surface area contributed by atoms with Crippen molar-refractivity contribution in [2.45, 2.75) is 31.6 Å². The molecule has 0 spiro atoms. The highest BCUT2D eigenvalue weighted by atomic mass is 19.3. The van der Waals surface area contributed by atoms with Gasteiger partial charge in [0.05, 0.1) is 13.2 Å². The number of rotatable bonds is 6. The first-order chi connectivity index (χ1) is 8.50. The molecule has 1 aliphatic rings. The summed E-state index contributed by atoms with van der Waals surface area (Å²) in [5, 5.41) is 8.91.